The molecule has 122 valence electrons. The lowest BCUT2D eigenvalue weighted by molar-refractivity contribution is -0.132. The molecule has 0 saturated carbocycles. The Bertz CT molecular complexity index is 864. The number of nitrogens with two attached hydrogens (primary N) is 1. The van der Waals surface area contributed by atoms with Crippen LogP contribution in [0.2, 0.25) is 0 Å². The second kappa shape index (κ2) is 7.57. The lowest BCUT2D eigenvalue weighted by Gasteiger charge is -2.00. The van der Waals surface area contributed by atoms with Gasteiger partial charge in [-0.15, -0.1) is 0 Å². The molecule has 0 aliphatic carbocycles. The second-order valence-corrected chi connectivity index (χ2v) is 5.81. The summed E-state index contributed by atoms with van der Waals surface area (Å²) in [5.74, 6) is -1.78. The third-order valence-corrected chi connectivity index (χ3v) is 3.62. The third kappa shape index (κ3) is 4.30. The first kappa shape index (κ1) is 17.4. The van der Waals surface area contributed by atoms with Gasteiger partial charge in [0.15, 0.2) is 0 Å². The monoisotopic (exact) mass is 388 g/mol. The molecular weight excluding hydrogens is 376 g/mol. The van der Waals surface area contributed by atoms with E-state index in [1.807, 2.05) is 24.3 Å². The molecule has 24 heavy (non-hydrogen) atoms. The molecule has 0 unspecified atom stereocenters. The van der Waals surface area contributed by atoms with Gasteiger partial charge in [0.05, 0.1) is 5.69 Å². The summed E-state index contributed by atoms with van der Waals surface area (Å²) in [6, 6.07) is 8.95. The standard InChI is InChI=1S/C16H13BrN4O3/c17-13-3-1-2-10(7-13)15-12(6-11(8-18)16(23)24)9-21(20-15)5-4-14(19)22/h1-3,6-7,9H,4-5H2,(H2,19,22)(H,23,24)/b11-6-. The van der Waals surface area contributed by atoms with Crippen LogP contribution in [-0.2, 0) is 16.1 Å². The summed E-state index contributed by atoms with van der Waals surface area (Å²) >= 11 is 3.37. The molecule has 0 spiro atoms. The highest BCUT2D eigenvalue weighted by Gasteiger charge is 2.14. The maximum absolute atomic E-state index is 11.1. The molecule has 0 radical (unpaired) electrons. The number of hydrogen-bond acceptors (Lipinski definition) is 4. The summed E-state index contributed by atoms with van der Waals surface area (Å²) in [6.07, 6.45) is 2.94. The van der Waals surface area contributed by atoms with Gasteiger partial charge in [0.1, 0.15) is 11.6 Å². The Morgan fingerprint density at radius 3 is 2.79 bits per heavy atom. The molecule has 0 aliphatic rings. The number of carbonyl (C=O) groups is 2. The van der Waals surface area contributed by atoms with Crippen LogP contribution in [0.4, 0.5) is 0 Å². The van der Waals surface area contributed by atoms with Crippen molar-refractivity contribution in [3.05, 3.63) is 46.1 Å². The fourth-order valence-corrected chi connectivity index (χ4v) is 2.44. The fourth-order valence-electron chi connectivity index (χ4n) is 2.04. The Hall–Kier alpha value is -2.92. The van der Waals surface area contributed by atoms with Gasteiger partial charge in [-0.3, -0.25) is 9.48 Å². The second-order valence-electron chi connectivity index (χ2n) is 4.90. The molecular formula is C16H13BrN4O3. The van der Waals surface area contributed by atoms with E-state index in [4.69, 9.17) is 16.1 Å². The van der Waals surface area contributed by atoms with Crippen molar-refractivity contribution in [3.63, 3.8) is 0 Å². The Morgan fingerprint density at radius 2 is 2.21 bits per heavy atom. The summed E-state index contributed by atoms with van der Waals surface area (Å²) in [6.45, 7) is 0.263. The number of carboxylic acids is 1. The zero-order chi connectivity index (χ0) is 17.7. The van der Waals surface area contributed by atoms with Crippen LogP contribution in [0.5, 0.6) is 0 Å². The van der Waals surface area contributed by atoms with E-state index in [1.165, 1.54) is 10.8 Å². The summed E-state index contributed by atoms with van der Waals surface area (Å²) in [5.41, 5.74) is 6.46. The Kier molecular flexibility index (Phi) is 5.50. The number of carbonyl (C=O) groups excluding carboxylic acids is 1. The molecule has 0 bridgehead atoms. The summed E-state index contributed by atoms with van der Waals surface area (Å²) < 4.78 is 2.34. The minimum absolute atomic E-state index is 0.104. The molecule has 3 N–H and O–H groups in total. The number of hydrogen-bond donors (Lipinski definition) is 2. The number of nitrogens with zero attached hydrogens (tertiary/aromatic N) is 3. The molecule has 1 aromatic heterocycles. The number of benzene rings is 1. The largest absolute Gasteiger partial charge is 0.477 e. The Morgan fingerprint density at radius 1 is 1.46 bits per heavy atom. The van der Waals surface area contributed by atoms with E-state index in [-0.39, 0.29) is 13.0 Å². The van der Waals surface area contributed by atoms with Gasteiger partial charge in [0.25, 0.3) is 0 Å². The first-order valence-corrected chi connectivity index (χ1v) is 7.67. The average Bonchev–Trinajstić information content (AvgIpc) is 2.93. The van der Waals surface area contributed by atoms with Gasteiger partial charge in [0.2, 0.25) is 5.91 Å². The van der Waals surface area contributed by atoms with Crippen molar-refractivity contribution in [2.24, 2.45) is 5.73 Å². The number of aromatic nitrogens is 2. The van der Waals surface area contributed by atoms with Crippen molar-refractivity contribution in [2.75, 3.05) is 0 Å². The average molecular weight is 389 g/mol. The first-order chi connectivity index (χ1) is 11.4. The molecule has 0 saturated heterocycles. The molecule has 8 heteroatoms. The van der Waals surface area contributed by atoms with Gasteiger partial charge in [-0.2, -0.15) is 10.4 Å². The number of nitriles is 1. The number of rotatable bonds is 6. The zero-order valence-corrected chi connectivity index (χ0v) is 14.0. The molecule has 0 fully saturated rings. The van der Waals surface area contributed by atoms with E-state index < -0.39 is 17.4 Å². The van der Waals surface area contributed by atoms with Crippen molar-refractivity contribution in [1.82, 2.24) is 9.78 Å². The van der Waals surface area contributed by atoms with E-state index in [0.717, 1.165) is 10.0 Å². The quantitative estimate of drug-likeness (QED) is 0.579. The van der Waals surface area contributed by atoms with Gasteiger partial charge in [0, 0.05) is 34.8 Å². The topological polar surface area (TPSA) is 122 Å². The maximum Gasteiger partial charge on any atom is 0.346 e. The number of halogens is 1. The van der Waals surface area contributed by atoms with Gasteiger partial charge in [-0.1, -0.05) is 28.1 Å². The van der Waals surface area contributed by atoms with E-state index in [9.17, 15) is 9.59 Å². The number of aryl methyl sites for hydroxylation is 1. The highest BCUT2D eigenvalue weighted by Crippen LogP contribution is 2.26. The lowest BCUT2D eigenvalue weighted by Crippen LogP contribution is -2.14. The molecule has 1 amide bonds. The minimum atomic E-state index is -1.32. The summed E-state index contributed by atoms with van der Waals surface area (Å²) in [5, 5.41) is 22.4. The lowest BCUT2D eigenvalue weighted by atomic mass is 10.1. The highest BCUT2D eigenvalue weighted by molar-refractivity contribution is 9.10. The van der Waals surface area contributed by atoms with Crippen LogP contribution >= 0.6 is 15.9 Å². The summed E-state index contributed by atoms with van der Waals surface area (Å²) in [4.78, 5) is 22.0. The van der Waals surface area contributed by atoms with E-state index >= 15 is 0 Å². The highest BCUT2D eigenvalue weighted by atomic mass is 79.9. The summed E-state index contributed by atoms with van der Waals surface area (Å²) in [7, 11) is 0. The zero-order valence-electron chi connectivity index (χ0n) is 12.4. The Balaban J connectivity index is 2.52. The van der Waals surface area contributed by atoms with Crippen molar-refractivity contribution in [2.45, 2.75) is 13.0 Å². The molecule has 1 heterocycles. The van der Waals surface area contributed by atoms with Gasteiger partial charge >= 0.3 is 5.97 Å². The van der Waals surface area contributed by atoms with Crippen LogP contribution in [0.25, 0.3) is 17.3 Å². The number of aliphatic carboxylic acids is 1. The molecule has 0 atom stereocenters. The molecule has 2 aromatic rings. The van der Waals surface area contributed by atoms with E-state index in [0.29, 0.717) is 11.3 Å². The van der Waals surface area contributed by atoms with Crippen LogP contribution in [0.15, 0.2) is 40.5 Å². The van der Waals surface area contributed by atoms with Crippen LogP contribution in [0, 0.1) is 11.3 Å². The minimum Gasteiger partial charge on any atom is -0.477 e. The van der Waals surface area contributed by atoms with Crippen molar-refractivity contribution < 1.29 is 14.7 Å². The van der Waals surface area contributed by atoms with Gasteiger partial charge in [-0.25, -0.2) is 4.79 Å². The van der Waals surface area contributed by atoms with Crippen molar-refractivity contribution >= 4 is 33.9 Å². The van der Waals surface area contributed by atoms with Gasteiger partial charge in [-0.05, 0) is 18.2 Å². The normalized spacial score (nSPS) is 11.1. The smallest absolute Gasteiger partial charge is 0.346 e. The third-order valence-electron chi connectivity index (χ3n) is 3.13. The molecule has 7 nitrogen and oxygen atoms in total. The predicted octanol–water partition coefficient (Wildman–Crippen LogP) is 2.18. The van der Waals surface area contributed by atoms with E-state index in [2.05, 4.69) is 21.0 Å². The molecule has 1 aromatic carbocycles. The number of amides is 1. The van der Waals surface area contributed by atoms with Crippen molar-refractivity contribution in [3.8, 4) is 17.3 Å². The first-order valence-electron chi connectivity index (χ1n) is 6.87. The van der Waals surface area contributed by atoms with Gasteiger partial charge < -0.3 is 10.8 Å². The van der Waals surface area contributed by atoms with Crippen LogP contribution < -0.4 is 5.73 Å². The van der Waals surface area contributed by atoms with Crippen LogP contribution in [0.3, 0.4) is 0 Å². The number of carboxylic acid groups (broad SMARTS) is 1. The maximum atomic E-state index is 11.1. The fraction of sp³-hybridized carbons (Fsp3) is 0.125. The Labute approximate surface area is 146 Å². The van der Waals surface area contributed by atoms with Crippen molar-refractivity contribution in [1.29, 1.82) is 5.26 Å². The predicted molar refractivity (Wildman–Crippen MR) is 90.4 cm³/mol. The molecule has 0 aliphatic heterocycles. The molecule has 2 rings (SSSR count). The van der Waals surface area contributed by atoms with E-state index in [1.54, 1.807) is 12.3 Å². The number of primary amides is 1. The van der Waals surface area contributed by atoms with Crippen LogP contribution in [-0.4, -0.2) is 26.8 Å². The SMILES string of the molecule is N#C/C(=C/c1cn(CCC(N)=O)nc1-c1cccc(Br)c1)C(=O)O. The van der Waals surface area contributed by atoms with Crippen LogP contribution in [0.1, 0.15) is 12.0 Å².